The van der Waals surface area contributed by atoms with Gasteiger partial charge in [-0.1, -0.05) is 24.3 Å². The molecular weight excluding hydrogens is 459 g/mol. The summed E-state index contributed by atoms with van der Waals surface area (Å²) >= 11 is 0. The number of aromatic hydroxyl groups is 2. The summed E-state index contributed by atoms with van der Waals surface area (Å²) in [5, 5.41) is 19.2. The fourth-order valence-corrected chi connectivity index (χ4v) is 1.75. The summed E-state index contributed by atoms with van der Waals surface area (Å²) in [7, 11) is 0. The summed E-state index contributed by atoms with van der Waals surface area (Å²) in [5.41, 5.74) is 1.38. The van der Waals surface area contributed by atoms with Crippen LogP contribution in [0.2, 0.25) is 0 Å². The molecule has 2 aromatic rings. The van der Waals surface area contributed by atoms with Crippen LogP contribution in [0.4, 0.5) is 0 Å². The van der Waals surface area contributed by atoms with Crippen LogP contribution in [0.15, 0.2) is 58.5 Å². The van der Waals surface area contributed by atoms with E-state index in [-0.39, 0.29) is 38.6 Å². The molecule has 0 aromatic heterocycles. The molecule has 2 N–H and O–H groups in total. The Morgan fingerprint density at radius 3 is 1.95 bits per heavy atom. The van der Waals surface area contributed by atoms with Crippen LogP contribution in [0.25, 0.3) is 0 Å². The topological polar surface area (TPSA) is 65.2 Å². The Bertz CT molecular complexity index is 657. The Morgan fingerprint density at radius 1 is 0.909 bits per heavy atom. The first-order valence-corrected chi connectivity index (χ1v) is 6.76. The van der Waals surface area contributed by atoms with Gasteiger partial charge < -0.3 is 10.2 Å². The van der Waals surface area contributed by atoms with Crippen LogP contribution in [-0.2, 0) is 21.1 Å². The summed E-state index contributed by atoms with van der Waals surface area (Å²) in [5.74, 6) is 0.428. The maximum absolute atomic E-state index is 9.63. The molecule has 1 atom stereocenters. The van der Waals surface area contributed by atoms with E-state index < -0.39 is 0 Å². The second-order valence-electron chi connectivity index (χ2n) is 4.74. The van der Waals surface area contributed by atoms with E-state index in [1.54, 1.807) is 48.8 Å². The predicted octanol–water partition coefficient (Wildman–Crippen LogP) is 3.02. The number of nitrogens with zero attached hydrogens (tertiary/aromatic N) is 2. The van der Waals surface area contributed by atoms with Gasteiger partial charge in [-0.2, -0.15) is 0 Å². The zero-order valence-corrected chi connectivity index (χ0v) is 14.4. The first-order valence-electron chi connectivity index (χ1n) is 6.76. The van der Waals surface area contributed by atoms with Crippen LogP contribution in [-0.4, -0.2) is 35.2 Å². The number of para-hydroxylation sites is 2. The van der Waals surface area contributed by atoms with Crippen molar-refractivity contribution in [3.05, 3.63) is 59.7 Å². The maximum atomic E-state index is 9.63. The van der Waals surface area contributed by atoms with E-state index >= 15 is 0 Å². The van der Waals surface area contributed by atoms with E-state index in [4.69, 9.17) is 0 Å². The first kappa shape index (κ1) is 18.1. The Labute approximate surface area is 144 Å². The van der Waals surface area contributed by atoms with Crippen molar-refractivity contribution in [2.24, 2.45) is 9.98 Å². The van der Waals surface area contributed by atoms with Gasteiger partial charge in [0.05, 0.1) is 12.6 Å². The number of rotatable bonds is 5. The summed E-state index contributed by atoms with van der Waals surface area (Å²) < 4.78 is 0. The summed E-state index contributed by atoms with van der Waals surface area (Å²) in [6.45, 7) is 2.46. The molecule has 0 radical (unpaired) electrons. The van der Waals surface area contributed by atoms with E-state index in [1.807, 2.05) is 19.1 Å². The average molecular weight is 477 g/mol. The molecule has 0 fully saturated rings. The minimum atomic E-state index is -0.00767. The van der Waals surface area contributed by atoms with Gasteiger partial charge in [-0.05, 0) is 31.2 Å². The van der Waals surface area contributed by atoms with Gasteiger partial charge in [-0.25, -0.2) is 0 Å². The van der Waals surface area contributed by atoms with Crippen LogP contribution in [0, 0.1) is 0 Å². The number of benzene rings is 2. The molecule has 0 saturated carbocycles. The molecule has 0 heterocycles. The normalized spacial score (nSPS) is 12.4. The zero-order valence-electron chi connectivity index (χ0n) is 12.2. The maximum Gasteiger partial charge on any atom is 0.124 e. The molecule has 0 aliphatic carbocycles. The fraction of sp³-hybridized carbons (Fsp3) is 0.176. The SMILES string of the molecule is CC(CN=Cc1ccccc1O)N=Cc1ccccc1O.[Pt]. The van der Waals surface area contributed by atoms with E-state index in [2.05, 4.69) is 9.98 Å². The van der Waals surface area contributed by atoms with Gasteiger partial charge in [0.2, 0.25) is 0 Å². The molecule has 22 heavy (non-hydrogen) atoms. The van der Waals surface area contributed by atoms with Crippen LogP contribution < -0.4 is 0 Å². The van der Waals surface area contributed by atoms with Gasteiger partial charge in [-0.3, -0.25) is 9.98 Å². The van der Waals surface area contributed by atoms with Crippen LogP contribution in [0.5, 0.6) is 11.5 Å². The number of phenolic OH excluding ortho intramolecular Hbond substituents is 2. The molecule has 1 unspecified atom stereocenters. The first-order chi connectivity index (χ1) is 10.2. The van der Waals surface area contributed by atoms with Gasteiger partial charge in [0, 0.05) is 44.6 Å². The Kier molecular flexibility index (Phi) is 7.54. The number of hydrogen-bond donors (Lipinski definition) is 2. The minimum absolute atomic E-state index is 0. The molecule has 0 bridgehead atoms. The second kappa shape index (κ2) is 9.16. The van der Waals surface area contributed by atoms with Crippen molar-refractivity contribution in [2.75, 3.05) is 6.54 Å². The molecule has 0 spiro atoms. The van der Waals surface area contributed by atoms with Crippen molar-refractivity contribution >= 4 is 12.4 Å². The molecule has 2 rings (SSSR count). The van der Waals surface area contributed by atoms with Gasteiger partial charge >= 0.3 is 0 Å². The van der Waals surface area contributed by atoms with Crippen LogP contribution >= 0.6 is 0 Å². The summed E-state index contributed by atoms with van der Waals surface area (Å²) in [6, 6.07) is 14.1. The molecule has 4 nitrogen and oxygen atoms in total. The molecule has 0 amide bonds. The molecule has 5 heteroatoms. The van der Waals surface area contributed by atoms with E-state index in [1.165, 1.54) is 0 Å². The fourth-order valence-electron chi connectivity index (χ4n) is 1.75. The Hall–Kier alpha value is -1.93. The van der Waals surface area contributed by atoms with Gasteiger partial charge in [0.25, 0.3) is 0 Å². The Balaban J connectivity index is 0.00000242. The molecule has 0 saturated heterocycles. The average Bonchev–Trinajstić information content (AvgIpc) is 2.48. The molecule has 118 valence electrons. The third-order valence-electron chi connectivity index (χ3n) is 2.94. The van der Waals surface area contributed by atoms with E-state index in [9.17, 15) is 10.2 Å². The largest absolute Gasteiger partial charge is 0.507 e. The summed E-state index contributed by atoms with van der Waals surface area (Å²) in [6.07, 6.45) is 3.29. The molecular formula is C17H18N2O2Pt. The second-order valence-corrected chi connectivity index (χ2v) is 4.74. The number of hydrogen-bond acceptors (Lipinski definition) is 4. The van der Waals surface area contributed by atoms with Crippen molar-refractivity contribution < 1.29 is 31.3 Å². The van der Waals surface area contributed by atoms with Crippen molar-refractivity contribution in [1.29, 1.82) is 0 Å². The van der Waals surface area contributed by atoms with Crippen molar-refractivity contribution in [2.45, 2.75) is 13.0 Å². The van der Waals surface area contributed by atoms with Crippen molar-refractivity contribution in [3.8, 4) is 11.5 Å². The van der Waals surface area contributed by atoms with Crippen molar-refractivity contribution in [3.63, 3.8) is 0 Å². The standard InChI is InChI=1S/C17H18N2O2.Pt/c1-13(19-12-15-7-3-5-9-17(15)21)10-18-11-14-6-2-4-8-16(14)20;/h2-9,11-13,20-21H,10H2,1H3;. The third-order valence-corrected chi connectivity index (χ3v) is 2.94. The zero-order chi connectivity index (χ0) is 15.1. The van der Waals surface area contributed by atoms with Gasteiger partial charge in [0.1, 0.15) is 11.5 Å². The monoisotopic (exact) mass is 477 g/mol. The van der Waals surface area contributed by atoms with E-state index in [0.717, 1.165) is 0 Å². The number of aliphatic imine (C=N–C) groups is 2. The van der Waals surface area contributed by atoms with Crippen LogP contribution in [0.3, 0.4) is 0 Å². The van der Waals surface area contributed by atoms with Crippen LogP contribution in [0.1, 0.15) is 18.1 Å². The van der Waals surface area contributed by atoms with Gasteiger partial charge in [-0.15, -0.1) is 0 Å². The quantitative estimate of drug-likeness (QED) is 0.651. The molecule has 2 aromatic carbocycles. The Morgan fingerprint density at radius 2 is 1.41 bits per heavy atom. The minimum Gasteiger partial charge on any atom is -0.507 e. The predicted molar refractivity (Wildman–Crippen MR) is 85.7 cm³/mol. The summed E-state index contributed by atoms with van der Waals surface area (Å²) in [4.78, 5) is 8.62. The third kappa shape index (κ3) is 5.45. The van der Waals surface area contributed by atoms with E-state index in [0.29, 0.717) is 17.7 Å². The molecule has 0 aliphatic rings. The van der Waals surface area contributed by atoms with Gasteiger partial charge in [0.15, 0.2) is 0 Å². The van der Waals surface area contributed by atoms with Crippen molar-refractivity contribution in [1.82, 2.24) is 0 Å². The molecule has 0 aliphatic heterocycles. The number of phenols is 2. The smallest absolute Gasteiger partial charge is 0.124 e.